The molecule has 146 valence electrons. The Morgan fingerprint density at radius 3 is 2.41 bits per heavy atom. The van der Waals surface area contributed by atoms with Crippen molar-refractivity contribution in [3.05, 3.63) is 65.2 Å². The summed E-state index contributed by atoms with van der Waals surface area (Å²) < 4.78 is 27.9. The topological polar surface area (TPSA) is 66.5 Å². The Kier molecular flexibility index (Phi) is 7.16. The standard InChI is InChI=1S/C21H28N2O3S/c1-5-18(4)22-21(24)15-23(14-19-9-7-6-8-10-19)27(25,26)20-13-16(2)11-12-17(20)3/h6-13,18H,5,14-15H2,1-4H3,(H,22,24). The van der Waals surface area contributed by atoms with Crippen LogP contribution in [0.2, 0.25) is 0 Å². The van der Waals surface area contributed by atoms with Crippen LogP contribution in [-0.2, 0) is 21.4 Å². The number of amides is 1. The number of hydrogen-bond acceptors (Lipinski definition) is 3. The van der Waals surface area contributed by atoms with Crippen molar-refractivity contribution >= 4 is 15.9 Å². The smallest absolute Gasteiger partial charge is 0.244 e. The number of hydrogen-bond donors (Lipinski definition) is 1. The van der Waals surface area contributed by atoms with Crippen LogP contribution in [0.25, 0.3) is 0 Å². The zero-order valence-electron chi connectivity index (χ0n) is 16.4. The van der Waals surface area contributed by atoms with Crippen molar-refractivity contribution in [2.24, 2.45) is 0 Å². The SMILES string of the molecule is CCC(C)NC(=O)CN(Cc1ccccc1)S(=O)(=O)c1cc(C)ccc1C. The molecule has 0 aromatic heterocycles. The Morgan fingerprint density at radius 1 is 1.11 bits per heavy atom. The molecule has 0 saturated carbocycles. The molecule has 0 fully saturated rings. The van der Waals surface area contributed by atoms with Gasteiger partial charge >= 0.3 is 0 Å². The molecule has 0 aliphatic heterocycles. The van der Waals surface area contributed by atoms with Crippen molar-refractivity contribution in [3.8, 4) is 0 Å². The maximum Gasteiger partial charge on any atom is 0.244 e. The van der Waals surface area contributed by atoms with E-state index in [1.807, 2.05) is 57.2 Å². The van der Waals surface area contributed by atoms with Gasteiger partial charge in [-0.25, -0.2) is 8.42 Å². The molecule has 0 heterocycles. The van der Waals surface area contributed by atoms with Crippen molar-refractivity contribution in [1.29, 1.82) is 0 Å². The summed E-state index contributed by atoms with van der Waals surface area (Å²) in [7, 11) is -3.82. The number of nitrogens with one attached hydrogen (secondary N) is 1. The van der Waals surface area contributed by atoms with Crippen molar-refractivity contribution in [3.63, 3.8) is 0 Å². The average Bonchev–Trinajstić information content (AvgIpc) is 2.63. The fraction of sp³-hybridized carbons (Fsp3) is 0.381. The van der Waals surface area contributed by atoms with Gasteiger partial charge in [0.2, 0.25) is 15.9 Å². The first kappa shape index (κ1) is 21.1. The third-order valence-corrected chi connectivity index (χ3v) is 6.44. The van der Waals surface area contributed by atoms with Gasteiger partial charge in [0, 0.05) is 12.6 Å². The van der Waals surface area contributed by atoms with Crippen molar-refractivity contribution in [1.82, 2.24) is 9.62 Å². The lowest BCUT2D eigenvalue weighted by Crippen LogP contribution is -2.43. The predicted octanol–water partition coefficient (Wildman–Crippen LogP) is 3.41. The van der Waals surface area contributed by atoms with E-state index in [4.69, 9.17) is 0 Å². The van der Waals surface area contributed by atoms with Gasteiger partial charge < -0.3 is 5.32 Å². The molecular weight excluding hydrogens is 360 g/mol. The first-order valence-electron chi connectivity index (χ1n) is 9.14. The highest BCUT2D eigenvalue weighted by molar-refractivity contribution is 7.89. The maximum atomic E-state index is 13.3. The van der Waals surface area contributed by atoms with E-state index in [-0.39, 0.29) is 29.9 Å². The van der Waals surface area contributed by atoms with Crippen LogP contribution in [0, 0.1) is 13.8 Å². The molecule has 2 aromatic carbocycles. The van der Waals surface area contributed by atoms with E-state index >= 15 is 0 Å². The minimum atomic E-state index is -3.82. The Bertz CT molecular complexity index is 880. The molecule has 0 saturated heterocycles. The highest BCUT2D eigenvalue weighted by atomic mass is 32.2. The van der Waals surface area contributed by atoms with E-state index in [0.29, 0.717) is 5.56 Å². The van der Waals surface area contributed by atoms with E-state index in [9.17, 15) is 13.2 Å². The molecule has 6 heteroatoms. The molecular formula is C21H28N2O3S. The fourth-order valence-electron chi connectivity index (χ4n) is 2.72. The molecule has 1 N–H and O–H groups in total. The number of carbonyl (C=O) groups is 1. The molecule has 2 aromatic rings. The fourth-order valence-corrected chi connectivity index (χ4v) is 4.41. The summed E-state index contributed by atoms with van der Waals surface area (Å²) in [5, 5.41) is 2.85. The molecule has 1 atom stereocenters. The first-order valence-corrected chi connectivity index (χ1v) is 10.6. The van der Waals surface area contributed by atoms with Crippen LogP contribution in [0.5, 0.6) is 0 Å². The van der Waals surface area contributed by atoms with Crippen LogP contribution in [0.15, 0.2) is 53.4 Å². The normalized spacial score (nSPS) is 12.8. The van der Waals surface area contributed by atoms with Crippen LogP contribution >= 0.6 is 0 Å². The molecule has 0 aliphatic carbocycles. The third kappa shape index (κ3) is 5.65. The largest absolute Gasteiger partial charge is 0.353 e. The van der Waals surface area contributed by atoms with Gasteiger partial charge in [0.1, 0.15) is 0 Å². The van der Waals surface area contributed by atoms with Crippen LogP contribution in [-0.4, -0.2) is 31.2 Å². The lowest BCUT2D eigenvalue weighted by Gasteiger charge is -2.24. The number of sulfonamides is 1. The number of benzene rings is 2. The van der Waals surface area contributed by atoms with E-state index in [0.717, 1.165) is 17.5 Å². The summed E-state index contributed by atoms with van der Waals surface area (Å²) in [4.78, 5) is 12.7. The van der Waals surface area contributed by atoms with Gasteiger partial charge in [0.15, 0.2) is 0 Å². The van der Waals surface area contributed by atoms with Crippen LogP contribution in [0.1, 0.15) is 37.0 Å². The Morgan fingerprint density at radius 2 is 1.78 bits per heavy atom. The lowest BCUT2D eigenvalue weighted by atomic mass is 10.2. The summed E-state index contributed by atoms with van der Waals surface area (Å²) in [6.07, 6.45) is 0.786. The van der Waals surface area contributed by atoms with Crippen molar-refractivity contribution < 1.29 is 13.2 Å². The summed E-state index contributed by atoms with van der Waals surface area (Å²) in [6.45, 7) is 7.43. The summed E-state index contributed by atoms with van der Waals surface area (Å²) in [5.74, 6) is -0.297. The van der Waals surface area contributed by atoms with Crippen LogP contribution < -0.4 is 5.32 Å². The van der Waals surface area contributed by atoms with Gasteiger partial charge in [-0.05, 0) is 49.9 Å². The van der Waals surface area contributed by atoms with Gasteiger partial charge in [0.05, 0.1) is 11.4 Å². The van der Waals surface area contributed by atoms with Crippen molar-refractivity contribution in [2.75, 3.05) is 6.54 Å². The molecule has 0 bridgehead atoms. The lowest BCUT2D eigenvalue weighted by molar-refractivity contribution is -0.122. The van der Waals surface area contributed by atoms with Crippen LogP contribution in [0.3, 0.4) is 0 Å². The molecule has 1 amide bonds. The summed E-state index contributed by atoms with van der Waals surface area (Å²) in [5.41, 5.74) is 2.37. The molecule has 0 spiro atoms. The van der Waals surface area contributed by atoms with Gasteiger partial charge in [-0.1, -0.05) is 49.4 Å². The zero-order valence-corrected chi connectivity index (χ0v) is 17.2. The summed E-state index contributed by atoms with van der Waals surface area (Å²) >= 11 is 0. The maximum absolute atomic E-state index is 13.3. The Balaban J connectivity index is 2.38. The Labute approximate surface area is 162 Å². The third-order valence-electron chi connectivity index (χ3n) is 4.50. The van der Waals surface area contributed by atoms with E-state index in [2.05, 4.69) is 5.32 Å². The number of carbonyl (C=O) groups excluding carboxylic acids is 1. The number of rotatable bonds is 8. The summed E-state index contributed by atoms with van der Waals surface area (Å²) in [6, 6.07) is 14.6. The molecule has 5 nitrogen and oxygen atoms in total. The van der Waals surface area contributed by atoms with Crippen LogP contribution in [0.4, 0.5) is 0 Å². The predicted molar refractivity (Wildman–Crippen MR) is 108 cm³/mol. The second kappa shape index (κ2) is 9.15. The number of nitrogens with zero attached hydrogens (tertiary/aromatic N) is 1. The minimum Gasteiger partial charge on any atom is -0.353 e. The molecule has 27 heavy (non-hydrogen) atoms. The van der Waals surface area contributed by atoms with E-state index < -0.39 is 10.0 Å². The van der Waals surface area contributed by atoms with Gasteiger partial charge in [-0.3, -0.25) is 4.79 Å². The molecule has 0 radical (unpaired) electrons. The second-order valence-corrected chi connectivity index (χ2v) is 8.81. The average molecular weight is 389 g/mol. The monoisotopic (exact) mass is 388 g/mol. The molecule has 1 unspecified atom stereocenters. The first-order chi connectivity index (χ1) is 12.7. The van der Waals surface area contributed by atoms with E-state index in [1.165, 1.54) is 4.31 Å². The van der Waals surface area contributed by atoms with E-state index in [1.54, 1.807) is 19.1 Å². The quantitative estimate of drug-likeness (QED) is 0.754. The van der Waals surface area contributed by atoms with Gasteiger partial charge in [0.25, 0.3) is 0 Å². The van der Waals surface area contributed by atoms with Gasteiger partial charge in [-0.15, -0.1) is 0 Å². The van der Waals surface area contributed by atoms with Crippen molar-refractivity contribution in [2.45, 2.75) is 51.6 Å². The highest BCUT2D eigenvalue weighted by Gasteiger charge is 2.28. The number of aryl methyl sites for hydroxylation is 2. The molecule has 0 aliphatic rings. The zero-order chi connectivity index (χ0) is 20.0. The molecule has 2 rings (SSSR count). The highest BCUT2D eigenvalue weighted by Crippen LogP contribution is 2.23. The minimum absolute atomic E-state index is 0.000477. The second-order valence-electron chi connectivity index (χ2n) is 6.90. The van der Waals surface area contributed by atoms with Gasteiger partial charge in [-0.2, -0.15) is 4.31 Å². The Hall–Kier alpha value is -2.18.